The number of ether oxygens (including phenoxy) is 1. The number of nitrogens with zero attached hydrogens (tertiary/aromatic N) is 1. The molecule has 0 unspecified atom stereocenters. The fourth-order valence-electron chi connectivity index (χ4n) is 1.15. The Morgan fingerprint density at radius 2 is 2.06 bits per heavy atom. The molecule has 1 heterocycles. The largest absolute Gasteiger partial charge is 0.444 e. The highest BCUT2D eigenvalue weighted by Gasteiger charge is 2.18. The number of hydrogen-bond acceptors (Lipinski definition) is 4. The van der Waals surface area contributed by atoms with Crippen molar-refractivity contribution in [2.75, 3.05) is 5.32 Å². The predicted octanol–water partition coefficient (Wildman–Crippen LogP) is 2.13. The molecule has 0 saturated heterocycles. The molecular weight excluding hydrogens is 349 g/mol. The molecule has 1 aromatic heterocycles. The summed E-state index contributed by atoms with van der Waals surface area (Å²) in [5, 5.41) is 2.45. The third-order valence-electron chi connectivity index (χ3n) is 1.77. The van der Waals surface area contributed by atoms with Crippen molar-refractivity contribution in [1.82, 2.24) is 4.98 Å². The molecule has 0 aliphatic carbocycles. The highest BCUT2D eigenvalue weighted by molar-refractivity contribution is 14.1. The Hall–Kier alpha value is -1.38. The zero-order valence-electron chi connectivity index (χ0n) is 10.3. The fraction of sp³-hybridized carbons (Fsp3) is 0.364. The lowest BCUT2D eigenvalue weighted by Crippen LogP contribution is -2.28. The van der Waals surface area contributed by atoms with Crippen LogP contribution in [0.3, 0.4) is 0 Å². The van der Waals surface area contributed by atoms with Gasteiger partial charge in [-0.3, -0.25) is 10.1 Å². The Balaban J connectivity index is 2.91. The van der Waals surface area contributed by atoms with E-state index in [2.05, 4.69) is 10.3 Å². The highest BCUT2D eigenvalue weighted by atomic mass is 127. The van der Waals surface area contributed by atoms with Crippen molar-refractivity contribution in [2.24, 2.45) is 5.73 Å². The topological polar surface area (TPSA) is 94.3 Å². The number of carbonyl (C=O) groups excluding carboxylic acids is 2. The van der Waals surface area contributed by atoms with E-state index in [1.807, 2.05) is 22.6 Å². The normalized spacial score (nSPS) is 10.9. The van der Waals surface area contributed by atoms with Crippen LogP contribution < -0.4 is 11.1 Å². The van der Waals surface area contributed by atoms with Crippen LogP contribution in [-0.4, -0.2) is 22.6 Å². The second-order valence-corrected chi connectivity index (χ2v) is 5.65. The Bertz CT molecular complexity index is 483. The second-order valence-electron chi connectivity index (χ2n) is 4.54. The monoisotopic (exact) mass is 363 g/mol. The molecule has 0 aromatic carbocycles. The van der Waals surface area contributed by atoms with Crippen molar-refractivity contribution in [3.05, 3.63) is 21.5 Å². The predicted molar refractivity (Wildman–Crippen MR) is 75.3 cm³/mol. The van der Waals surface area contributed by atoms with Gasteiger partial charge in [0.2, 0.25) is 0 Å². The van der Waals surface area contributed by atoms with Crippen LogP contribution in [0, 0.1) is 3.70 Å². The Morgan fingerprint density at radius 3 is 2.56 bits per heavy atom. The number of carbonyl (C=O) groups is 2. The van der Waals surface area contributed by atoms with Gasteiger partial charge in [-0.05, 0) is 49.4 Å². The number of anilines is 1. The van der Waals surface area contributed by atoms with Gasteiger partial charge in [0.25, 0.3) is 5.91 Å². The highest BCUT2D eigenvalue weighted by Crippen LogP contribution is 2.17. The van der Waals surface area contributed by atoms with Gasteiger partial charge >= 0.3 is 6.09 Å². The molecule has 7 heteroatoms. The molecule has 6 nitrogen and oxygen atoms in total. The standard InChI is InChI=1S/C11H14IN3O3/c1-11(2,3)18-10(17)15-7-5-14-8(12)4-6(7)9(13)16/h4-5H,1-3H3,(H2,13,16)(H,15,17). The molecule has 0 atom stereocenters. The molecule has 1 aromatic rings. The quantitative estimate of drug-likeness (QED) is 0.622. The molecule has 3 N–H and O–H groups in total. The summed E-state index contributed by atoms with van der Waals surface area (Å²) in [4.78, 5) is 26.8. The Kier molecular flexibility index (Phi) is 4.49. The number of nitrogens with one attached hydrogen (secondary N) is 1. The molecule has 18 heavy (non-hydrogen) atoms. The number of aromatic nitrogens is 1. The summed E-state index contributed by atoms with van der Waals surface area (Å²) in [6, 6.07) is 1.50. The van der Waals surface area contributed by atoms with Crippen molar-refractivity contribution in [3.63, 3.8) is 0 Å². The summed E-state index contributed by atoms with van der Waals surface area (Å²) in [6.45, 7) is 5.23. The van der Waals surface area contributed by atoms with E-state index in [-0.39, 0.29) is 11.3 Å². The van der Waals surface area contributed by atoms with Gasteiger partial charge in [0.1, 0.15) is 9.30 Å². The first-order chi connectivity index (χ1) is 8.19. The molecule has 0 bridgehead atoms. The van der Waals surface area contributed by atoms with E-state index >= 15 is 0 Å². The van der Waals surface area contributed by atoms with Gasteiger partial charge in [-0.15, -0.1) is 0 Å². The van der Waals surface area contributed by atoms with E-state index in [1.165, 1.54) is 12.3 Å². The number of pyridine rings is 1. The van der Waals surface area contributed by atoms with Gasteiger partial charge in [-0.2, -0.15) is 0 Å². The summed E-state index contributed by atoms with van der Waals surface area (Å²) in [7, 11) is 0. The average Bonchev–Trinajstić information content (AvgIpc) is 2.17. The zero-order valence-corrected chi connectivity index (χ0v) is 12.4. The first kappa shape index (κ1) is 14.7. The van der Waals surface area contributed by atoms with Crippen LogP contribution in [0.2, 0.25) is 0 Å². The summed E-state index contributed by atoms with van der Waals surface area (Å²) in [5.41, 5.74) is 5.03. The first-order valence-corrected chi connectivity index (χ1v) is 6.22. The number of hydrogen-bond donors (Lipinski definition) is 2. The van der Waals surface area contributed by atoms with E-state index in [1.54, 1.807) is 20.8 Å². The lowest BCUT2D eigenvalue weighted by molar-refractivity contribution is 0.0636. The third-order valence-corrected chi connectivity index (χ3v) is 2.36. The summed E-state index contributed by atoms with van der Waals surface area (Å²) in [5.74, 6) is -0.638. The van der Waals surface area contributed by atoms with Crippen LogP contribution in [-0.2, 0) is 4.74 Å². The molecule has 0 saturated carbocycles. The molecule has 2 amide bonds. The van der Waals surface area contributed by atoms with Gasteiger partial charge in [0.05, 0.1) is 17.4 Å². The van der Waals surface area contributed by atoms with Crippen molar-refractivity contribution in [3.8, 4) is 0 Å². The van der Waals surface area contributed by atoms with E-state index < -0.39 is 17.6 Å². The SMILES string of the molecule is CC(C)(C)OC(=O)Nc1cnc(I)cc1C(N)=O. The maximum atomic E-state index is 11.6. The van der Waals surface area contributed by atoms with Gasteiger partial charge in [0.15, 0.2) is 0 Å². The van der Waals surface area contributed by atoms with E-state index in [4.69, 9.17) is 10.5 Å². The van der Waals surface area contributed by atoms with Crippen LogP contribution >= 0.6 is 22.6 Å². The van der Waals surface area contributed by atoms with Crippen molar-refractivity contribution in [2.45, 2.75) is 26.4 Å². The molecule has 0 radical (unpaired) electrons. The van der Waals surface area contributed by atoms with E-state index in [9.17, 15) is 9.59 Å². The van der Waals surface area contributed by atoms with Crippen LogP contribution in [0.25, 0.3) is 0 Å². The van der Waals surface area contributed by atoms with Gasteiger partial charge < -0.3 is 10.5 Å². The van der Waals surface area contributed by atoms with Crippen molar-refractivity contribution >= 4 is 40.3 Å². The number of halogens is 1. The van der Waals surface area contributed by atoms with Crippen LogP contribution in [0.1, 0.15) is 31.1 Å². The minimum absolute atomic E-state index is 0.195. The Morgan fingerprint density at radius 1 is 1.44 bits per heavy atom. The van der Waals surface area contributed by atoms with Crippen LogP contribution in [0.4, 0.5) is 10.5 Å². The number of rotatable bonds is 2. The van der Waals surface area contributed by atoms with Crippen molar-refractivity contribution < 1.29 is 14.3 Å². The van der Waals surface area contributed by atoms with Crippen molar-refractivity contribution in [1.29, 1.82) is 0 Å². The molecule has 0 aliphatic rings. The van der Waals surface area contributed by atoms with Gasteiger partial charge in [-0.25, -0.2) is 9.78 Å². The summed E-state index contributed by atoms with van der Waals surface area (Å²) >= 11 is 1.95. The number of amides is 2. The van der Waals surface area contributed by atoms with E-state index in [0.717, 1.165) is 0 Å². The third kappa shape index (κ3) is 4.47. The molecular formula is C11H14IN3O3. The lowest BCUT2D eigenvalue weighted by atomic mass is 10.2. The molecule has 0 spiro atoms. The van der Waals surface area contributed by atoms with Gasteiger partial charge in [0, 0.05) is 0 Å². The maximum absolute atomic E-state index is 11.6. The zero-order chi connectivity index (χ0) is 13.9. The molecule has 98 valence electrons. The summed E-state index contributed by atoms with van der Waals surface area (Å²) < 4.78 is 5.68. The smallest absolute Gasteiger partial charge is 0.412 e. The summed E-state index contributed by atoms with van der Waals surface area (Å²) in [6.07, 6.45) is 0.708. The lowest BCUT2D eigenvalue weighted by Gasteiger charge is -2.20. The number of nitrogens with two attached hydrogens (primary N) is 1. The minimum Gasteiger partial charge on any atom is -0.444 e. The maximum Gasteiger partial charge on any atom is 0.412 e. The Labute approximate surface area is 118 Å². The van der Waals surface area contributed by atoms with Crippen LogP contribution in [0.5, 0.6) is 0 Å². The van der Waals surface area contributed by atoms with Gasteiger partial charge in [-0.1, -0.05) is 0 Å². The minimum atomic E-state index is -0.659. The molecule has 0 aliphatic heterocycles. The van der Waals surface area contributed by atoms with Crippen LogP contribution in [0.15, 0.2) is 12.3 Å². The molecule has 0 fully saturated rings. The average molecular weight is 363 g/mol. The number of primary amides is 1. The fourth-order valence-corrected chi connectivity index (χ4v) is 1.60. The molecule has 1 rings (SSSR count). The second kappa shape index (κ2) is 5.51. The van der Waals surface area contributed by atoms with E-state index in [0.29, 0.717) is 3.70 Å². The first-order valence-electron chi connectivity index (χ1n) is 5.14.